The number of benzene rings is 2. The highest BCUT2D eigenvalue weighted by molar-refractivity contribution is 7.80. The predicted molar refractivity (Wildman–Crippen MR) is 111 cm³/mol. The number of rotatable bonds is 7. The van der Waals surface area contributed by atoms with Crippen molar-refractivity contribution in [1.29, 1.82) is 0 Å². The van der Waals surface area contributed by atoms with E-state index in [1.807, 2.05) is 13.0 Å². The van der Waals surface area contributed by atoms with E-state index in [0.29, 0.717) is 24.3 Å². The molecular formula is C22H27NO2S. The summed E-state index contributed by atoms with van der Waals surface area (Å²) in [5.74, 6) is 1.57. The van der Waals surface area contributed by atoms with Crippen LogP contribution in [0.1, 0.15) is 54.9 Å². The molecule has 4 heteroatoms. The Hall–Kier alpha value is -2.07. The van der Waals surface area contributed by atoms with Crippen LogP contribution in [0, 0.1) is 6.92 Å². The Bertz CT molecular complexity index is 784. The van der Waals surface area contributed by atoms with Gasteiger partial charge in [-0.2, -0.15) is 0 Å². The maximum Gasteiger partial charge on any atom is 0.261 e. The molecule has 0 bridgehead atoms. The number of ether oxygens (including phenoxy) is 2. The van der Waals surface area contributed by atoms with Gasteiger partial charge in [-0.1, -0.05) is 31.2 Å². The number of nitrogens with one attached hydrogen (secondary N) is 1. The van der Waals surface area contributed by atoms with Gasteiger partial charge in [-0.05, 0) is 80.1 Å². The van der Waals surface area contributed by atoms with E-state index in [1.165, 1.54) is 35.1 Å². The summed E-state index contributed by atoms with van der Waals surface area (Å²) < 4.78 is 11.6. The van der Waals surface area contributed by atoms with Crippen molar-refractivity contribution in [1.82, 2.24) is 0 Å². The van der Waals surface area contributed by atoms with Crippen molar-refractivity contribution in [2.75, 3.05) is 11.9 Å². The molecule has 0 aliphatic heterocycles. The van der Waals surface area contributed by atoms with E-state index in [0.717, 1.165) is 17.9 Å². The summed E-state index contributed by atoms with van der Waals surface area (Å²) >= 11 is 5.27. The van der Waals surface area contributed by atoms with Crippen LogP contribution in [-0.4, -0.2) is 11.8 Å². The number of anilines is 1. The fourth-order valence-corrected chi connectivity index (χ4v) is 3.41. The molecule has 3 nitrogen and oxygen atoms in total. The second kappa shape index (κ2) is 8.54. The summed E-state index contributed by atoms with van der Waals surface area (Å²) in [6.07, 6.45) is 3.53. The van der Waals surface area contributed by atoms with Gasteiger partial charge in [0.05, 0.1) is 6.61 Å². The van der Waals surface area contributed by atoms with Gasteiger partial charge in [0.15, 0.2) is 0 Å². The van der Waals surface area contributed by atoms with Crippen molar-refractivity contribution in [3.63, 3.8) is 0 Å². The minimum absolute atomic E-state index is 0.408. The van der Waals surface area contributed by atoms with Gasteiger partial charge >= 0.3 is 0 Å². The van der Waals surface area contributed by atoms with Crippen LogP contribution < -0.4 is 10.1 Å². The van der Waals surface area contributed by atoms with Gasteiger partial charge in [-0.3, -0.25) is 0 Å². The van der Waals surface area contributed by atoms with Gasteiger partial charge in [0.1, 0.15) is 12.4 Å². The third kappa shape index (κ3) is 4.55. The molecule has 0 unspecified atom stereocenters. The third-order valence-corrected chi connectivity index (χ3v) is 4.98. The lowest BCUT2D eigenvalue weighted by Crippen LogP contribution is -2.15. The predicted octanol–water partition coefficient (Wildman–Crippen LogP) is 5.75. The fraction of sp³-hybridized carbons (Fsp3) is 0.409. The number of aryl methyl sites for hydroxylation is 2. The maximum absolute atomic E-state index is 6.20. The first kappa shape index (κ1) is 18.7. The minimum atomic E-state index is 0.408. The summed E-state index contributed by atoms with van der Waals surface area (Å²) in [5.41, 5.74) is 6.02. The first-order valence-electron chi connectivity index (χ1n) is 9.40. The lowest BCUT2D eigenvalue weighted by Gasteiger charge is -2.18. The highest BCUT2D eigenvalue weighted by Gasteiger charge is 2.27. The minimum Gasteiger partial charge on any atom is -0.489 e. The van der Waals surface area contributed by atoms with Crippen LogP contribution in [0.2, 0.25) is 0 Å². The molecule has 1 aliphatic carbocycles. The van der Waals surface area contributed by atoms with Gasteiger partial charge in [-0.15, -0.1) is 0 Å². The van der Waals surface area contributed by atoms with Crippen LogP contribution in [0.15, 0.2) is 36.4 Å². The molecule has 26 heavy (non-hydrogen) atoms. The average molecular weight is 370 g/mol. The molecule has 1 fully saturated rings. The van der Waals surface area contributed by atoms with Gasteiger partial charge in [0.25, 0.3) is 5.17 Å². The van der Waals surface area contributed by atoms with Crippen LogP contribution in [0.3, 0.4) is 0 Å². The Morgan fingerprint density at radius 3 is 2.65 bits per heavy atom. The van der Waals surface area contributed by atoms with E-state index in [9.17, 15) is 0 Å². The molecule has 0 heterocycles. The largest absolute Gasteiger partial charge is 0.489 e. The van der Waals surface area contributed by atoms with Gasteiger partial charge < -0.3 is 14.8 Å². The summed E-state index contributed by atoms with van der Waals surface area (Å²) in [4.78, 5) is 0. The molecule has 1 N–H and O–H groups in total. The third-order valence-electron chi connectivity index (χ3n) is 4.76. The summed E-state index contributed by atoms with van der Waals surface area (Å²) in [6.45, 7) is 7.28. The lowest BCUT2D eigenvalue weighted by atomic mass is 10.0. The Morgan fingerprint density at radius 1 is 1.19 bits per heavy atom. The zero-order valence-electron chi connectivity index (χ0n) is 15.8. The Kier molecular flexibility index (Phi) is 6.15. The molecule has 0 amide bonds. The van der Waals surface area contributed by atoms with Crippen molar-refractivity contribution in [3.8, 4) is 5.75 Å². The van der Waals surface area contributed by atoms with E-state index in [2.05, 4.69) is 49.5 Å². The van der Waals surface area contributed by atoms with Gasteiger partial charge in [0.2, 0.25) is 0 Å². The second-order valence-corrected chi connectivity index (χ2v) is 7.11. The standard InChI is InChI=1S/C22H27NO2S/c1-4-16-9-12-21(15(3)13-16)25-14-19-18(17-10-11-17)7-6-8-20(19)23-22(26)24-5-2/h6-9,12-13,17H,4-5,10-11,14H2,1-3H3,(H,23,26). The SMILES string of the molecule is CCOC(=S)Nc1cccc(C2CC2)c1COc1ccc(CC)cc1C. The number of thiocarbonyl (C=S) groups is 1. The normalized spacial score (nSPS) is 13.3. The molecule has 0 atom stereocenters. The quantitative estimate of drug-likeness (QED) is 0.630. The Balaban J connectivity index is 1.82. The zero-order valence-corrected chi connectivity index (χ0v) is 16.6. The van der Waals surface area contributed by atoms with Crippen molar-refractivity contribution in [2.45, 2.75) is 52.6 Å². The number of hydrogen-bond donors (Lipinski definition) is 1. The van der Waals surface area contributed by atoms with Gasteiger partial charge in [0, 0.05) is 11.3 Å². The molecule has 3 rings (SSSR count). The van der Waals surface area contributed by atoms with E-state index in [4.69, 9.17) is 21.7 Å². The lowest BCUT2D eigenvalue weighted by molar-refractivity contribution is 0.303. The summed E-state index contributed by atoms with van der Waals surface area (Å²) in [6, 6.07) is 12.7. The van der Waals surface area contributed by atoms with E-state index in [-0.39, 0.29) is 0 Å². The molecule has 0 radical (unpaired) electrons. The fourth-order valence-electron chi connectivity index (χ4n) is 3.18. The smallest absolute Gasteiger partial charge is 0.261 e. The van der Waals surface area contributed by atoms with E-state index >= 15 is 0 Å². The first-order chi connectivity index (χ1) is 12.6. The van der Waals surface area contributed by atoms with Crippen LogP contribution in [0.5, 0.6) is 5.75 Å². The highest BCUT2D eigenvalue weighted by Crippen LogP contribution is 2.43. The monoisotopic (exact) mass is 369 g/mol. The molecule has 2 aromatic rings. The molecule has 1 aliphatic rings. The molecule has 0 spiro atoms. The van der Waals surface area contributed by atoms with E-state index in [1.54, 1.807) is 0 Å². The van der Waals surface area contributed by atoms with Crippen molar-refractivity contribution in [3.05, 3.63) is 58.7 Å². The van der Waals surface area contributed by atoms with Crippen LogP contribution in [-0.2, 0) is 17.8 Å². The molecule has 0 aromatic heterocycles. The zero-order chi connectivity index (χ0) is 18.5. The maximum atomic E-state index is 6.20. The molecule has 0 saturated heterocycles. The molecule has 1 saturated carbocycles. The molecular weight excluding hydrogens is 342 g/mol. The average Bonchev–Trinajstić information content (AvgIpc) is 3.46. The number of hydrogen-bond acceptors (Lipinski definition) is 3. The summed E-state index contributed by atoms with van der Waals surface area (Å²) in [5, 5.41) is 3.64. The second-order valence-electron chi connectivity index (χ2n) is 6.74. The molecule has 2 aromatic carbocycles. The first-order valence-corrected chi connectivity index (χ1v) is 9.81. The van der Waals surface area contributed by atoms with Gasteiger partial charge in [-0.25, -0.2) is 0 Å². The highest BCUT2D eigenvalue weighted by atomic mass is 32.1. The van der Waals surface area contributed by atoms with Crippen LogP contribution in [0.25, 0.3) is 0 Å². The summed E-state index contributed by atoms with van der Waals surface area (Å²) in [7, 11) is 0. The van der Waals surface area contributed by atoms with E-state index < -0.39 is 0 Å². The Morgan fingerprint density at radius 2 is 2.00 bits per heavy atom. The van der Waals surface area contributed by atoms with Crippen molar-refractivity contribution < 1.29 is 9.47 Å². The van der Waals surface area contributed by atoms with Crippen molar-refractivity contribution in [2.24, 2.45) is 0 Å². The van der Waals surface area contributed by atoms with Crippen LogP contribution in [0.4, 0.5) is 5.69 Å². The van der Waals surface area contributed by atoms with Crippen LogP contribution >= 0.6 is 12.2 Å². The topological polar surface area (TPSA) is 30.5 Å². The Labute approximate surface area is 161 Å². The molecule has 138 valence electrons. The van der Waals surface area contributed by atoms with Crippen molar-refractivity contribution >= 4 is 23.1 Å².